The minimum atomic E-state index is -0.815. The summed E-state index contributed by atoms with van der Waals surface area (Å²) in [5.74, 6) is -0.460. The molecule has 1 aromatic carbocycles. The molecule has 0 saturated heterocycles. The first-order chi connectivity index (χ1) is 7.08. The van der Waals surface area contributed by atoms with E-state index in [0.29, 0.717) is 11.3 Å². The molecule has 1 amide bonds. The Labute approximate surface area is 85.7 Å². The maximum absolute atomic E-state index is 11.4. The first kappa shape index (κ1) is 9.51. The number of phenols is 1. The zero-order chi connectivity index (χ0) is 11.0. The van der Waals surface area contributed by atoms with E-state index >= 15 is 0 Å². The van der Waals surface area contributed by atoms with E-state index in [0.717, 1.165) is 0 Å². The zero-order valence-electron chi connectivity index (χ0n) is 7.98. The van der Waals surface area contributed by atoms with Gasteiger partial charge in [0.25, 0.3) is 0 Å². The van der Waals surface area contributed by atoms with Crippen LogP contribution in [-0.4, -0.2) is 17.0 Å². The molecule has 5 nitrogen and oxygen atoms in total. The van der Waals surface area contributed by atoms with Gasteiger partial charge in [-0.1, -0.05) is 0 Å². The lowest BCUT2D eigenvalue weighted by molar-refractivity contribution is -0.137. The van der Waals surface area contributed by atoms with Crippen molar-refractivity contribution in [2.75, 3.05) is 0 Å². The lowest BCUT2D eigenvalue weighted by atomic mass is 10.1. The second-order valence-corrected chi connectivity index (χ2v) is 3.28. The fourth-order valence-corrected chi connectivity index (χ4v) is 1.49. The molecule has 0 aromatic heterocycles. The third kappa shape index (κ3) is 1.63. The van der Waals surface area contributed by atoms with Crippen LogP contribution in [0.5, 0.6) is 11.5 Å². The molecule has 2 rings (SSSR count). The monoisotopic (exact) mass is 207 g/mol. The summed E-state index contributed by atoms with van der Waals surface area (Å²) < 4.78 is 4.91. The van der Waals surface area contributed by atoms with Gasteiger partial charge in [0.1, 0.15) is 11.5 Å². The van der Waals surface area contributed by atoms with Gasteiger partial charge in [-0.25, -0.2) is 4.79 Å². The van der Waals surface area contributed by atoms with Crippen LogP contribution in [0.15, 0.2) is 18.2 Å². The second kappa shape index (κ2) is 3.27. The van der Waals surface area contributed by atoms with Crippen molar-refractivity contribution in [2.24, 2.45) is 0 Å². The van der Waals surface area contributed by atoms with Crippen LogP contribution in [0.4, 0.5) is 0 Å². The average molecular weight is 207 g/mol. The highest BCUT2D eigenvalue weighted by Gasteiger charge is 2.33. The summed E-state index contributed by atoms with van der Waals surface area (Å²) in [6, 6.07) is 3.50. The van der Waals surface area contributed by atoms with Gasteiger partial charge in [-0.2, -0.15) is 0 Å². The van der Waals surface area contributed by atoms with Crippen LogP contribution in [0.25, 0.3) is 0 Å². The first-order valence-electron chi connectivity index (χ1n) is 4.39. The van der Waals surface area contributed by atoms with Gasteiger partial charge in [-0.05, 0) is 18.2 Å². The predicted octanol–water partition coefficient (Wildman–Crippen LogP) is 0.488. The van der Waals surface area contributed by atoms with Crippen molar-refractivity contribution in [3.8, 4) is 11.5 Å². The highest BCUT2D eigenvalue weighted by Crippen LogP contribution is 2.35. The van der Waals surface area contributed by atoms with Crippen molar-refractivity contribution in [2.45, 2.75) is 13.0 Å². The van der Waals surface area contributed by atoms with E-state index in [2.05, 4.69) is 5.32 Å². The number of hydrogen-bond acceptors (Lipinski definition) is 4. The molecule has 1 aliphatic heterocycles. The third-order valence-corrected chi connectivity index (χ3v) is 2.10. The lowest BCUT2D eigenvalue weighted by Gasteiger charge is -2.07. The number of nitrogens with one attached hydrogen (secondary N) is 1. The van der Waals surface area contributed by atoms with Crippen LogP contribution in [0.1, 0.15) is 18.5 Å². The van der Waals surface area contributed by atoms with Gasteiger partial charge in [0, 0.05) is 12.5 Å². The molecule has 0 bridgehead atoms. The second-order valence-electron chi connectivity index (χ2n) is 3.28. The van der Waals surface area contributed by atoms with Gasteiger partial charge in [0.2, 0.25) is 5.91 Å². The largest absolute Gasteiger partial charge is 0.508 e. The van der Waals surface area contributed by atoms with E-state index < -0.39 is 12.0 Å². The maximum atomic E-state index is 11.4. The van der Waals surface area contributed by atoms with Crippen molar-refractivity contribution in [1.29, 1.82) is 0 Å². The highest BCUT2D eigenvalue weighted by atomic mass is 16.5. The molecule has 0 saturated carbocycles. The van der Waals surface area contributed by atoms with E-state index in [1.54, 1.807) is 0 Å². The Morgan fingerprint density at radius 2 is 2.27 bits per heavy atom. The molecule has 1 atom stereocenters. The SMILES string of the molecule is CC(=O)NC1C(=O)Oc2ccc(O)cc21. The Kier molecular flexibility index (Phi) is 2.07. The summed E-state index contributed by atoms with van der Waals surface area (Å²) in [7, 11) is 0. The first-order valence-corrected chi connectivity index (χ1v) is 4.39. The molecule has 0 spiro atoms. The number of rotatable bonds is 1. The highest BCUT2D eigenvalue weighted by molar-refractivity contribution is 5.89. The third-order valence-electron chi connectivity index (χ3n) is 2.10. The average Bonchev–Trinajstić information content (AvgIpc) is 2.43. The van der Waals surface area contributed by atoms with E-state index in [9.17, 15) is 14.7 Å². The smallest absolute Gasteiger partial charge is 0.338 e. The Balaban J connectivity index is 2.39. The number of carbonyl (C=O) groups is 2. The maximum Gasteiger partial charge on any atom is 0.338 e. The molecule has 2 N–H and O–H groups in total. The topological polar surface area (TPSA) is 75.6 Å². The molecular formula is C10H9NO4. The normalized spacial score (nSPS) is 18.2. The number of aromatic hydroxyl groups is 1. The van der Waals surface area contributed by atoms with Gasteiger partial charge in [-0.15, -0.1) is 0 Å². The minimum Gasteiger partial charge on any atom is -0.508 e. The standard InChI is InChI=1S/C10H9NO4/c1-5(12)11-9-7-4-6(13)2-3-8(7)15-10(9)14/h2-4,9,13H,1H3,(H,11,12). The minimum absolute atomic E-state index is 0.0300. The number of fused-ring (bicyclic) bond motifs is 1. The molecular weight excluding hydrogens is 198 g/mol. The van der Waals surface area contributed by atoms with Crippen LogP contribution in [0.2, 0.25) is 0 Å². The molecule has 1 heterocycles. The van der Waals surface area contributed by atoms with Crippen LogP contribution < -0.4 is 10.1 Å². The zero-order valence-corrected chi connectivity index (χ0v) is 7.98. The fourth-order valence-electron chi connectivity index (χ4n) is 1.49. The molecule has 0 aliphatic carbocycles. The van der Waals surface area contributed by atoms with Crippen molar-refractivity contribution >= 4 is 11.9 Å². The summed E-state index contributed by atoms with van der Waals surface area (Å²) >= 11 is 0. The summed E-state index contributed by atoms with van der Waals surface area (Å²) in [5, 5.41) is 11.7. The Morgan fingerprint density at radius 3 is 2.93 bits per heavy atom. The van der Waals surface area contributed by atoms with Gasteiger partial charge < -0.3 is 15.2 Å². The number of hydrogen-bond donors (Lipinski definition) is 2. The molecule has 15 heavy (non-hydrogen) atoms. The van der Waals surface area contributed by atoms with Gasteiger partial charge >= 0.3 is 5.97 Å². The Morgan fingerprint density at radius 1 is 1.53 bits per heavy atom. The predicted molar refractivity (Wildman–Crippen MR) is 50.3 cm³/mol. The fraction of sp³-hybridized carbons (Fsp3) is 0.200. The number of esters is 1. The number of benzene rings is 1. The summed E-state index contributed by atoms with van der Waals surface area (Å²) in [4.78, 5) is 22.2. The number of carbonyl (C=O) groups excluding carboxylic acids is 2. The summed E-state index contributed by atoms with van der Waals surface area (Å²) in [5.41, 5.74) is 0.482. The van der Waals surface area contributed by atoms with Gasteiger partial charge in [0.05, 0.1) is 0 Å². The number of amides is 1. The van der Waals surface area contributed by atoms with E-state index in [-0.39, 0.29) is 11.7 Å². The summed E-state index contributed by atoms with van der Waals surface area (Å²) in [6.45, 7) is 1.31. The van der Waals surface area contributed by atoms with Crippen molar-refractivity contribution in [3.63, 3.8) is 0 Å². The molecule has 1 aliphatic rings. The van der Waals surface area contributed by atoms with Crippen molar-refractivity contribution < 1.29 is 19.4 Å². The lowest BCUT2D eigenvalue weighted by Crippen LogP contribution is -2.30. The molecule has 5 heteroatoms. The molecule has 78 valence electrons. The van der Waals surface area contributed by atoms with Gasteiger partial charge in [0.15, 0.2) is 6.04 Å². The van der Waals surface area contributed by atoms with Crippen molar-refractivity contribution in [1.82, 2.24) is 5.32 Å². The van der Waals surface area contributed by atoms with Crippen LogP contribution in [-0.2, 0) is 9.59 Å². The Bertz CT molecular complexity index is 441. The van der Waals surface area contributed by atoms with E-state index in [4.69, 9.17) is 4.74 Å². The van der Waals surface area contributed by atoms with E-state index in [1.165, 1.54) is 25.1 Å². The Hall–Kier alpha value is -2.04. The molecule has 0 fully saturated rings. The molecule has 0 radical (unpaired) electrons. The number of phenolic OH excluding ortho intramolecular Hbond substituents is 1. The van der Waals surface area contributed by atoms with Crippen LogP contribution in [0.3, 0.4) is 0 Å². The molecule has 1 aromatic rings. The van der Waals surface area contributed by atoms with Crippen molar-refractivity contribution in [3.05, 3.63) is 23.8 Å². The van der Waals surface area contributed by atoms with Crippen LogP contribution >= 0.6 is 0 Å². The summed E-state index contributed by atoms with van der Waals surface area (Å²) in [6.07, 6.45) is 0. The molecule has 1 unspecified atom stereocenters. The van der Waals surface area contributed by atoms with Gasteiger partial charge in [-0.3, -0.25) is 4.79 Å². The number of ether oxygens (including phenoxy) is 1. The van der Waals surface area contributed by atoms with E-state index in [1.807, 2.05) is 0 Å². The van der Waals surface area contributed by atoms with Crippen LogP contribution in [0, 0.1) is 0 Å². The quantitative estimate of drug-likeness (QED) is 0.519.